The number of nitrogens with zero attached hydrogens (tertiary/aromatic N) is 1. The maximum Gasteiger partial charge on any atom is 0.433 e. The number of rotatable bonds is 5. The van der Waals surface area contributed by atoms with Gasteiger partial charge in [-0.1, -0.05) is 0 Å². The van der Waals surface area contributed by atoms with Crippen LogP contribution in [0.3, 0.4) is 0 Å². The van der Waals surface area contributed by atoms with Gasteiger partial charge in [0.05, 0.1) is 18.9 Å². The van der Waals surface area contributed by atoms with Gasteiger partial charge in [0.25, 0.3) is 0 Å². The van der Waals surface area contributed by atoms with Crippen molar-refractivity contribution in [3.05, 3.63) is 46.2 Å². The summed E-state index contributed by atoms with van der Waals surface area (Å²) in [5.41, 5.74) is 6.28. The molecule has 1 aromatic heterocycles. The minimum atomic E-state index is -0.558. The Kier molecular flexibility index (Phi) is 3.96. The van der Waals surface area contributed by atoms with Crippen LogP contribution in [0.15, 0.2) is 39.6 Å². The van der Waals surface area contributed by atoms with E-state index in [-0.39, 0.29) is 5.88 Å². The third-order valence-electron chi connectivity index (χ3n) is 2.39. The van der Waals surface area contributed by atoms with E-state index < -0.39 is 4.92 Å². The summed E-state index contributed by atoms with van der Waals surface area (Å²) in [7, 11) is 1.57. The molecule has 0 unspecified atom stereocenters. The van der Waals surface area contributed by atoms with Crippen LogP contribution >= 0.6 is 11.8 Å². The number of furan rings is 1. The minimum absolute atomic E-state index is 0.250. The van der Waals surface area contributed by atoms with E-state index in [1.165, 1.54) is 17.8 Å². The lowest BCUT2D eigenvalue weighted by molar-refractivity contribution is -0.402. The van der Waals surface area contributed by atoms with Gasteiger partial charge in [0, 0.05) is 16.6 Å². The molecule has 2 N–H and O–H groups in total. The van der Waals surface area contributed by atoms with E-state index in [9.17, 15) is 10.1 Å². The second-order valence-electron chi connectivity index (χ2n) is 3.70. The molecule has 0 saturated heterocycles. The molecule has 2 aromatic rings. The van der Waals surface area contributed by atoms with Crippen molar-refractivity contribution in [1.82, 2.24) is 0 Å². The third-order valence-corrected chi connectivity index (χ3v) is 3.46. The molecule has 0 fully saturated rings. The Morgan fingerprint density at radius 3 is 2.84 bits per heavy atom. The van der Waals surface area contributed by atoms with Gasteiger partial charge in [-0.05, 0) is 18.2 Å². The minimum Gasteiger partial charge on any atom is -0.496 e. The summed E-state index contributed by atoms with van der Waals surface area (Å²) in [5, 5.41) is 10.5. The number of nitro groups is 1. The number of nitrogens with two attached hydrogens (primary N) is 1. The Labute approximate surface area is 113 Å². The molecule has 2 rings (SSSR count). The zero-order valence-corrected chi connectivity index (χ0v) is 11.0. The molecule has 0 amide bonds. The Bertz CT molecular complexity index is 597. The molecule has 19 heavy (non-hydrogen) atoms. The molecule has 0 aliphatic heterocycles. The monoisotopic (exact) mass is 280 g/mol. The highest BCUT2D eigenvalue weighted by atomic mass is 32.2. The van der Waals surface area contributed by atoms with Crippen LogP contribution in [-0.2, 0) is 5.75 Å². The summed E-state index contributed by atoms with van der Waals surface area (Å²) < 4.78 is 10.3. The molecule has 0 aliphatic carbocycles. The molecule has 1 aromatic carbocycles. The van der Waals surface area contributed by atoms with Crippen molar-refractivity contribution < 1.29 is 14.1 Å². The summed E-state index contributed by atoms with van der Waals surface area (Å²) in [5.74, 6) is 1.44. The van der Waals surface area contributed by atoms with Crippen LogP contribution in [0.4, 0.5) is 11.6 Å². The van der Waals surface area contributed by atoms with E-state index in [1.54, 1.807) is 25.3 Å². The molecule has 100 valence electrons. The number of ether oxygens (including phenoxy) is 1. The van der Waals surface area contributed by atoms with Crippen molar-refractivity contribution in [3.63, 3.8) is 0 Å². The number of methoxy groups -OCH3 is 1. The smallest absolute Gasteiger partial charge is 0.433 e. The zero-order valence-electron chi connectivity index (χ0n) is 10.2. The van der Waals surface area contributed by atoms with Gasteiger partial charge in [-0.15, -0.1) is 11.8 Å². The number of nitrogen functional groups attached to an aromatic ring is 1. The van der Waals surface area contributed by atoms with Crippen molar-refractivity contribution in [3.8, 4) is 5.75 Å². The van der Waals surface area contributed by atoms with E-state index in [4.69, 9.17) is 14.9 Å². The largest absolute Gasteiger partial charge is 0.496 e. The second-order valence-corrected chi connectivity index (χ2v) is 4.71. The lowest BCUT2D eigenvalue weighted by Gasteiger charge is -2.07. The molecule has 0 radical (unpaired) electrons. The van der Waals surface area contributed by atoms with Crippen LogP contribution in [0.1, 0.15) is 5.76 Å². The fourth-order valence-electron chi connectivity index (χ4n) is 1.49. The number of thioether (sulfide) groups is 1. The van der Waals surface area contributed by atoms with Gasteiger partial charge in [0.1, 0.15) is 16.4 Å². The summed E-state index contributed by atoms with van der Waals surface area (Å²) >= 11 is 1.46. The van der Waals surface area contributed by atoms with Crippen LogP contribution in [0.5, 0.6) is 5.75 Å². The molecular weight excluding hydrogens is 268 g/mol. The SMILES string of the molecule is COc1cc(N)ccc1SCc1ccc([N+](=O)[O-])o1. The first-order chi connectivity index (χ1) is 9.10. The van der Waals surface area contributed by atoms with Crippen molar-refractivity contribution in [2.24, 2.45) is 0 Å². The fourth-order valence-corrected chi connectivity index (χ4v) is 2.40. The standard InChI is InChI=1S/C12H12N2O4S/c1-17-10-6-8(13)2-4-11(10)19-7-9-3-5-12(18-9)14(15)16/h2-6H,7,13H2,1H3. The van der Waals surface area contributed by atoms with Crippen molar-refractivity contribution in [2.75, 3.05) is 12.8 Å². The zero-order chi connectivity index (χ0) is 13.8. The van der Waals surface area contributed by atoms with Gasteiger partial charge in [0.2, 0.25) is 0 Å². The highest BCUT2D eigenvalue weighted by molar-refractivity contribution is 7.98. The predicted octanol–water partition coefficient (Wildman–Crippen LogP) is 3.07. The average Bonchev–Trinajstić information content (AvgIpc) is 2.86. The Balaban J connectivity index is 2.07. The number of benzene rings is 1. The number of hydrogen-bond acceptors (Lipinski definition) is 6. The first-order valence-electron chi connectivity index (χ1n) is 5.39. The molecule has 0 aliphatic rings. The summed E-state index contributed by atoms with van der Waals surface area (Å²) in [4.78, 5) is 10.8. The second kappa shape index (κ2) is 5.66. The van der Waals surface area contributed by atoms with Gasteiger partial charge in [-0.2, -0.15) is 0 Å². The third kappa shape index (κ3) is 3.19. The van der Waals surface area contributed by atoms with Crippen LogP contribution < -0.4 is 10.5 Å². The highest BCUT2D eigenvalue weighted by Gasteiger charge is 2.12. The number of anilines is 1. The molecule has 1 heterocycles. The van der Waals surface area contributed by atoms with Crippen LogP contribution in [-0.4, -0.2) is 12.0 Å². The molecule has 6 nitrogen and oxygen atoms in total. The van der Waals surface area contributed by atoms with Gasteiger partial charge in [0.15, 0.2) is 0 Å². The molecule has 0 saturated carbocycles. The van der Waals surface area contributed by atoms with E-state index in [1.807, 2.05) is 6.07 Å². The topological polar surface area (TPSA) is 91.5 Å². The van der Waals surface area contributed by atoms with Crippen molar-refractivity contribution >= 4 is 23.3 Å². The lowest BCUT2D eigenvalue weighted by atomic mass is 10.3. The summed E-state index contributed by atoms with van der Waals surface area (Å²) in [6.07, 6.45) is 0. The summed E-state index contributed by atoms with van der Waals surface area (Å²) in [6.45, 7) is 0. The summed E-state index contributed by atoms with van der Waals surface area (Å²) in [6, 6.07) is 8.28. The van der Waals surface area contributed by atoms with Crippen molar-refractivity contribution in [1.29, 1.82) is 0 Å². The van der Waals surface area contributed by atoms with Crippen LogP contribution in [0, 0.1) is 10.1 Å². The molecular formula is C12H12N2O4S. The fraction of sp³-hybridized carbons (Fsp3) is 0.167. The Morgan fingerprint density at radius 1 is 1.42 bits per heavy atom. The maximum absolute atomic E-state index is 10.5. The quantitative estimate of drug-likeness (QED) is 0.391. The maximum atomic E-state index is 10.5. The lowest BCUT2D eigenvalue weighted by Crippen LogP contribution is -1.90. The van der Waals surface area contributed by atoms with E-state index in [0.29, 0.717) is 22.9 Å². The molecule has 0 bridgehead atoms. The van der Waals surface area contributed by atoms with Crippen LogP contribution in [0.25, 0.3) is 0 Å². The van der Waals surface area contributed by atoms with Gasteiger partial charge in [-0.25, -0.2) is 0 Å². The van der Waals surface area contributed by atoms with Gasteiger partial charge < -0.3 is 14.9 Å². The van der Waals surface area contributed by atoms with Gasteiger partial charge >= 0.3 is 5.88 Å². The number of hydrogen-bond donors (Lipinski definition) is 1. The van der Waals surface area contributed by atoms with Gasteiger partial charge in [-0.3, -0.25) is 10.1 Å². The highest BCUT2D eigenvalue weighted by Crippen LogP contribution is 2.33. The van der Waals surface area contributed by atoms with Crippen molar-refractivity contribution in [2.45, 2.75) is 10.6 Å². The van der Waals surface area contributed by atoms with E-state index in [2.05, 4.69) is 0 Å². The predicted molar refractivity (Wildman–Crippen MR) is 72.3 cm³/mol. The molecule has 7 heteroatoms. The van der Waals surface area contributed by atoms with E-state index >= 15 is 0 Å². The average molecular weight is 280 g/mol. The Morgan fingerprint density at radius 2 is 2.21 bits per heavy atom. The first kappa shape index (κ1) is 13.3. The molecule has 0 atom stereocenters. The first-order valence-corrected chi connectivity index (χ1v) is 6.38. The van der Waals surface area contributed by atoms with Crippen LogP contribution in [0.2, 0.25) is 0 Å². The normalized spacial score (nSPS) is 10.4. The molecule has 0 spiro atoms. The van der Waals surface area contributed by atoms with E-state index in [0.717, 1.165) is 4.90 Å². The Hall–Kier alpha value is -2.15.